The number of thioether (sulfide) groups is 1. The second-order valence-electron chi connectivity index (χ2n) is 10.1. The van der Waals surface area contributed by atoms with E-state index in [-0.39, 0.29) is 11.4 Å². The van der Waals surface area contributed by atoms with Crippen LogP contribution in [0.5, 0.6) is 0 Å². The molecule has 3 aromatic rings. The van der Waals surface area contributed by atoms with Crippen LogP contribution in [0.3, 0.4) is 0 Å². The molecule has 0 unspecified atom stereocenters. The monoisotopic (exact) mass is 456 g/mol. The zero-order valence-corrected chi connectivity index (χ0v) is 19.4. The zero-order chi connectivity index (χ0) is 22.3. The van der Waals surface area contributed by atoms with E-state index >= 15 is 0 Å². The summed E-state index contributed by atoms with van der Waals surface area (Å²) in [4.78, 5) is 17.8. The summed E-state index contributed by atoms with van der Waals surface area (Å²) in [6.07, 6.45) is 7.62. The van der Waals surface area contributed by atoms with E-state index < -0.39 is 0 Å². The van der Waals surface area contributed by atoms with E-state index in [2.05, 4.69) is 15.5 Å². The lowest BCUT2D eigenvalue weighted by Crippen LogP contribution is -2.60. The second kappa shape index (κ2) is 8.56. The van der Waals surface area contributed by atoms with Gasteiger partial charge < -0.3 is 5.32 Å². The molecule has 0 saturated heterocycles. The number of benzene rings is 2. The van der Waals surface area contributed by atoms with Crippen LogP contribution < -0.4 is 5.32 Å². The standard InChI is InChI=1S/C27H28N4OS/c32-23(29-27-14-18-11-19(15-27)13-20(12-18)16-27)17-33-26-28-24(21-7-3-1-4-8-21)25(30-31-26)22-9-5-2-6-10-22/h1-10,18-20H,11-17H2,(H,29,32). The molecule has 6 heteroatoms. The lowest BCUT2D eigenvalue weighted by atomic mass is 9.53. The summed E-state index contributed by atoms with van der Waals surface area (Å²) in [6, 6.07) is 20.1. The Labute approximate surface area is 198 Å². The number of nitrogens with one attached hydrogen (secondary N) is 1. The average Bonchev–Trinajstić information content (AvgIpc) is 2.82. The van der Waals surface area contributed by atoms with Crippen LogP contribution in [-0.2, 0) is 4.79 Å². The molecule has 0 aliphatic heterocycles. The molecule has 4 aliphatic rings. The van der Waals surface area contributed by atoms with Gasteiger partial charge in [-0.25, -0.2) is 4.98 Å². The molecule has 2 aromatic carbocycles. The Bertz CT molecular complexity index is 1120. The van der Waals surface area contributed by atoms with E-state index in [9.17, 15) is 4.79 Å². The smallest absolute Gasteiger partial charge is 0.230 e. The second-order valence-corrected chi connectivity index (χ2v) is 11.0. The number of nitrogens with zero attached hydrogens (tertiary/aromatic N) is 3. The molecular weight excluding hydrogens is 428 g/mol. The summed E-state index contributed by atoms with van der Waals surface area (Å²) < 4.78 is 0. The van der Waals surface area contributed by atoms with Crippen molar-refractivity contribution in [2.24, 2.45) is 17.8 Å². The first kappa shape index (κ1) is 20.8. The van der Waals surface area contributed by atoms with Crippen molar-refractivity contribution in [1.29, 1.82) is 0 Å². The minimum absolute atomic E-state index is 0.0395. The van der Waals surface area contributed by atoms with Gasteiger partial charge in [0.25, 0.3) is 0 Å². The van der Waals surface area contributed by atoms with Gasteiger partial charge in [0, 0.05) is 16.7 Å². The number of aromatic nitrogens is 3. The SMILES string of the molecule is O=C(CSc1nnc(-c2ccccc2)c(-c2ccccc2)n1)NC12CC3CC(CC(C3)C1)C2. The number of hydrogen-bond donors (Lipinski definition) is 1. The molecule has 4 bridgehead atoms. The molecule has 4 fully saturated rings. The topological polar surface area (TPSA) is 67.8 Å². The highest BCUT2D eigenvalue weighted by atomic mass is 32.2. The van der Waals surface area contributed by atoms with Gasteiger partial charge in [-0.3, -0.25) is 4.79 Å². The van der Waals surface area contributed by atoms with Gasteiger partial charge in [0.1, 0.15) is 11.4 Å². The molecule has 0 atom stereocenters. The predicted molar refractivity (Wildman–Crippen MR) is 130 cm³/mol. The fourth-order valence-electron chi connectivity index (χ4n) is 6.69. The maximum absolute atomic E-state index is 12.9. The third-order valence-corrected chi connectivity index (χ3v) is 8.37. The Hall–Kier alpha value is -2.73. The fourth-order valence-corrected chi connectivity index (χ4v) is 7.27. The minimum atomic E-state index is 0.0395. The van der Waals surface area contributed by atoms with E-state index in [0.29, 0.717) is 10.9 Å². The first-order valence-electron chi connectivity index (χ1n) is 12.0. The van der Waals surface area contributed by atoms with Gasteiger partial charge in [0.05, 0.1) is 5.75 Å². The molecule has 1 heterocycles. The van der Waals surface area contributed by atoms with Crippen LogP contribution in [0.4, 0.5) is 0 Å². The van der Waals surface area contributed by atoms with E-state index in [1.165, 1.54) is 50.3 Å². The van der Waals surface area contributed by atoms with Crippen LogP contribution in [0.25, 0.3) is 22.5 Å². The number of amides is 1. The Balaban J connectivity index is 1.19. The number of hydrogen-bond acceptors (Lipinski definition) is 5. The Morgan fingerprint density at radius 1 is 0.818 bits per heavy atom. The summed E-state index contributed by atoms with van der Waals surface area (Å²) in [5.41, 5.74) is 3.56. The van der Waals surface area contributed by atoms with Crippen molar-refractivity contribution >= 4 is 17.7 Å². The summed E-state index contributed by atoms with van der Waals surface area (Å²) in [6.45, 7) is 0. The van der Waals surface area contributed by atoms with Crippen LogP contribution in [0, 0.1) is 17.8 Å². The Morgan fingerprint density at radius 3 is 1.94 bits per heavy atom. The van der Waals surface area contributed by atoms with Gasteiger partial charge in [0.2, 0.25) is 11.1 Å². The third kappa shape index (κ3) is 4.29. The first-order chi connectivity index (χ1) is 16.2. The molecule has 0 spiro atoms. The van der Waals surface area contributed by atoms with Gasteiger partial charge in [0.15, 0.2) is 0 Å². The van der Waals surface area contributed by atoms with Crippen molar-refractivity contribution in [1.82, 2.24) is 20.5 Å². The zero-order valence-electron chi connectivity index (χ0n) is 18.6. The molecule has 1 N–H and O–H groups in total. The molecular formula is C27H28N4OS. The van der Waals surface area contributed by atoms with Crippen LogP contribution in [-0.4, -0.2) is 32.4 Å². The van der Waals surface area contributed by atoms with Gasteiger partial charge in [-0.1, -0.05) is 72.4 Å². The van der Waals surface area contributed by atoms with E-state index in [1.807, 2.05) is 60.7 Å². The highest BCUT2D eigenvalue weighted by Gasteiger charge is 2.51. The van der Waals surface area contributed by atoms with Crippen molar-refractivity contribution in [3.8, 4) is 22.5 Å². The largest absolute Gasteiger partial charge is 0.350 e. The molecule has 168 valence electrons. The number of rotatable bonds is 6. The van der Waals surface area contributed by atoms with E-state index in [4.69, 9.17) is 4.98 Å². The summed E-state index contributed by atoms with van der Waals surface area (Å²) in [5.74, 6) is 2.86. The van der Waals surface area contributed by atoms with Crippen LogP contribution in [0.1, 0.15) is 38.5 Å². The first-order valence-corrected chi connectivity index (χ1v) is 12.9. The molecule has 1 aromatic heterocycles. The maximum atomic E-state index is 12.9. The molecule has 7 rings (SSSR count). The van der Waals surface area contributed by atoms with Crippen molar-refractivity contribution < 1.29 is 4.79 Å². The molecule has 4 aliphatic carbocycles. The number of carbonyl (C=O) groups is 1. The molecule has 33 heavy (non-hydrogen) atoms. The maximum Gasteiger partial charge on any atom is 0.230 e. The average molecular weight is 457 g/mol. The fraction of sp³-hybridized carbons (Fsp3) is 0.407. The molecule has 0 radical (unpaired) electrons. The molecule has 5 nitrogen and oxygen atoms in total. The molecule has 4 saturated carbocycles. The van der Waals surface area contributed by atoms with Crippen molar-refractivity contribution in [3.63, 3.8) is 0 Å². The summed E-state index contributed by atoms with van der Waals surface area (Å²) in [7, 11) is 0. The lowest BCUT2D eigenvalue weighted by Gasteiger charge is -2.56. The van der Waals surface area contributed by atoms with Crippen LogP contribution >= 0.6 is 11.8 Å². The summed E-state index contributed by atoms with van der Waals surface area (Å²) >= 11 is 1.37. The highest BCUT2D eigenvalue weighted by Crippen LogP contribution is 2.55. The highest BCUT2D eigenvalue weighted by molar-refractivity contribution is 7.99. The Kier molecular flexibility index (Phi) is 5.41. The van der Waals surface area contributed by atoms with Crippen molar-refractivity contribution in [2.45, 2.75) is 49.2 Å². The van der Waals surface area contributed by atoms with E-state index in [0.717, 1.165) is 40.3 Å². The van der Waals surface area contributed by atoms with Crippen LogP contribution in [0.15, 0.2) is 65.8 Å². The normalized spacial score (nSPS) is 27.5. The van der Waals surface area contributed by atoms with Gasteiger partial charge in [-0.15, -0.1) is 10.2 Å². The van der Waals surface area contributed by atoms with Gasteiger partial charge >= 0.3 is 0 Å². The minimum Gasteiger partial charge on any atom is -0.350 e. The van der Waals surface area contributed by atoms with Gasteiger partial charge in [-0.2, -0.15) is 0 Å². The predicted octanol–water partition coefficient (Wildman–Crippen LogP) is 5.38. The van der Waals surface area contributed by atoms with Crippen molar-refractivity contribution in [3.05, 3.63) is 60.7 Å². The van der Waals surface area contributed by atoms with Crippen molar-refractivity contribution in [2.75, 3.05) is 5.75 Å². The molecule has 1 amide bonds. The third-order valence-electron chi connectivity index (χ3n) is 7.54. The number of carbonyl (C=O) groups excluding carboxylic acids is 1. The van der Waals surface area contributed by atoms with Crippen LogP contribution in [0.2, 0.25) is 0 Å². The quantitative estimate of drug-likeness (QED) is 0.504. The lowest BCUT2D eigenvalue weighted by molar-refractivity contribution is -0.124. The van der Waals surface area contributed by atoms with Gasteiger partial charge in [-0.05, 0) is 56.3 Å². The Morgan fingerprint density at radius 2 is 1.36 bits per heavy atom. The summed E-state index contributed by atoms with van der Waals surface area (Å²) in [5, 5.41) is 12.9. The van der Waals surface area contributed by atoms with E-state index in [1.54, 1.807) is 0 Å².